The summed E-state index contributed by atoms with van der Waals surface area (Å²) in [6, 6.07) is 2.58. The van der Waals surface area contributed by atoms with Crippen molar-refractivity contribution in [3.05, 3.63) is 45.6 Å². The van der Waals surface area contributed by atoms with Crippen LogP contribution in [0.25, 0.3) is 11.3 Å². The molecule has 1 heterocycles. The molecule has 0 amide bonds. The molecular formula is C17H16Cl2FN3O3. The number of esters is 1. The molecule has 0 aliphatic carbocycles. The Bertz CT molecular complexity index is 831. The van der Waals surface area contributed by atoms with E-state index in [0.717, 1.165) is 6.07 Å². The minimum Gasteiger partial charge on any atom is -0.463 e. The van der Waals surface area contributed by atoms with E-state index in [1.54, 1.807) is 6.92 Å². The van der Waals surface area contributed by atoms with Crippen LogP contribution in [0.3, 0.4) is 0 Å². The van der Waals surface area contributed by atoms with E-state index in [4.69, 9.17) is 32.8 Å². The lowest BCUT2D eigenvalue weighted by atomic mass is 10.1. The first kappa shape index (κ1) is 20.1. The Kier molecular flexibility index (Phi) is 7.29. The molecule has 2 rings (SSSR count). The summed E-state index contributed by atoms with van der Waals surface area (Å²) in [6.45, 7) is 3.48. The van der Waals surface area contributed by atoms with Crippen LogP contribution in [0, 0.1) is 5.82 Å². The van der Waals surface area contributed by atoms with Gasteiger partial charge in [0.2, 0.25) is 6.61 Å². The van der Waals surface area contributed by atoms with Crippen LogP contribution in [-0.2, 0) is 20.8 Å². The zero-order valence-electron chi connectivity index (χ0n) is 14.1. The van der Waals surface area contributed by atoms with Gasteiger partial charge in [-0.1, -0.05) is 35.3 Å². The van der Waals surface area contributed by atoms with Gasteiger partial charge >= 0.3 is 5.97 Å². The highest BCUT2D eigenvalue weighted by Crippen LogP contribution is 2.32. The largest absolute Gasteiger partial charge is 0.463 e. The molecule has 0 spiro atoms. The number of aryl methyl sites for hydroxylation is 1. The molecule has 26 heavy (non-hydrogen) atoms. The molecular weight excluding hydrogens is 384 g/mol. The molecule has 0 atom stereocenters. The molecule has 9 heteroatoms. The van der Waals surface area contributed by atoms with Crippen LogP contribution in [0.15, 0.2) is 23.6 Å². The fourth-order valence-electron chi connectivity index (χ4n) is 2.07. The van der Waals surface area contributed by atoms with Crippen molar-refractivity contribution < 1.29 is 18.8 Å². The molecule has 0 bridgehead atoms. The number of oxime groups is 1. The van der Waals surface area contributed by atoms with Gasteiger partial charge in [-0.25, -0.2) is 19.2 Å². The molecule has 0 fully saturated rings. The standard InChI is InChI=1S/C17H16Cl2FN3O3/c1-3-14-16(19)17(22-9-21-14)11-5-10(12(18)6-13(11)20)7-23-26-8-15(24)25-4-2/h5-7,9H,3-4,8H2,1-2H3. The van der Waals surface area contributed by atoms with E-state index in [1.807, 2.05) is 6.92 Å². The molecule has 0 aliphatic heterocycles. The summed E-state index contributed by atoms with van der Waals surface area (Å²) in [4.78, 5) is 24.1. The van der Waals surface area contributed by atoms with Crippen molar-refractivity contribution >= 4 is 35.4 Å². The van der Waals surface area contributed by atoms with Gasteiger partial charge in [0.05, 0.1) is 34.3 Å². The van der Waals surface area contributed by atoms with E-state index >= 15 is 0 Å². The Hall–Kier alpha value is -2.25. The van der Waals surface area contributed by atoms with Crippen molar-refractivity contribution in [3.63, 3.8) is 0 Å². The predicted octanol–water partition coefficient (Wildman–Crippen LogP) is 4.07. The summed E-state index contributed by atoms with van der Waals surface area (Å²) >= 11 is 12.3. The van der Waals surface area contributed by atoms with Gasteiger partial charge in [-0.2, -0.15) is 0 Å². The van der Waals surface area contributed by atoms with Gasteiger partial charge in [0.1, 0.15) is 12.1 Å². The summed E-state index contributed by atoms with van der Waals surface area (Å²) in [5.74, 6) is -1.13. The van der Waals surface area contributed by atoms with Gasteiger partial charge in [0.15, 0.2) is 0 Å². The molecule has 1 aromatic heterocycles. The van der Waals surface area contributed by atoms with E-state index in [1.165, 1.54) is 18.6 Å². The Balaban J connectivity index is 2.28. The van der Waals surface area contributed by atoms with Crippen LogP contribution in [0.1, 0.15) is 25.1 Å². The fourth-order valence-corrected chi connectivity index (χ4v) is 2.61. The zero-order chi connectivity index (χ0) is 19.1. The average molecular weight is 400 g/mol. The number of carbonyl (C=O) groups excluding carboxylic acids is 1. The molecule has 0 radical (unpaired) electrons. The Morgan fingerprint density at radius 3 is 2.77 bits per heavy atom. The average Bonchev–Trinajstić information content (AvgIpc) is 2.61. The maximum absolute atomic E-state index is 14.4. The molecule has 138 valence electrons. The zero-order valence-corrected chi connectivity index (χ0v) is 15.6. The van der Waals surface area contributed by atoms with Crippen LogP contribution < -0.4 is 0 Å². The lowest BCUT2D eigenvalue weighted by Gasteiger charge is -2.09. The Morgan fingerprint density at radius 1 is 1.31 bits per heavy atom. The van der Waals surface area contributed by atoms with Gasteiger partial charge in [0.25, 0.3) is 0 Å². The van der Waals surface area contributed by atoms with E-state index in [-0.39, 0.29) is 34.5 Å². The smallest absolute Gasteiger partial charge is 0.347 e. The minimum atomic E-state index is -0.581. The summed E-state index contributed by atoms with van der Waals surface area (Å²) < 4.78 is 19.1. The van der Waals surface area contributed by atoms with Gasteiger partial charge in [-0.3, -0.25) is 0 Å². The molecule has 0 aliphatic rings. The van der Waals surface area contributed by atoms with Gasteiger partial charge < -0.3 is 9.57 Å². The number of hydrogen-bond acceptors (Lipinski definition) is 6. The van der Waals surface area contributed by atoms with Gasteiger partial charge in [0, 0.05) is 11.1 Å². The summed E-state index contributed by atoms with van der Waals surface area (Å²) in [5.41, 5.74) is 1.40. The number of benzene rings is 1. The highest BCUT2D eigenvalue weighted by molar-refractivity contribution is 6.34. The van der Waals surface area contributed by atoms with Crippen molar-refractivity contribution in [3.8, 4) is 11.3 Å². The minimum absolute atomic E-state index is 0.121. The lowest BCUT2D eigenvalue weighted by molar-refractivity contribution is -0.148. The highest BCUT2D eigenvalue weighted by Gasteiger charge is 2.16. The number of ether oxygens (including phenoxy) is 1. The predicted molar refractivity (Wildman–Crippen MR) is 97.0 cm³/mol. The lowest BCUT2D eigenvalue weighted by Crippen LogP contribution is -2.10. The van der Waals surface area contributed by atoms with Crippen molar-refractivity contribution in [1.29, 1.82) is 0 Å². The second-order valence-corrected chi connectivity index (χ2v) is 5.79. The monoisotopic (exact) mass is 399 g/mol. The van der Waals surface area contributed by atoms with Crippen LogP contribution in [0.5, 0.6) is 0 Å². The molecule has 0 saturated heterocycles. The normalized spacial score (nSPS) is 11.0. The number of rotatable bonds is 7. The number of nitrogens with zero attached hydrogens (tertiary/aromatic N) is 3. The Labute approximate surface area is 159 Å². The third-order valence-electron chi connectivity index (χ3n) is 3.29. The molecule has 0 unspecified atom stereocenters. The number of halogens is 3. The SMILES string of the molecule is CCOC(=O)CON=Cc1cc(-c2ncnc(CC)c2Cl)c(F)cc1Cl. The first-order valence-electron chi connectivity index (χ1n) is 7.77. The second kappa shape index (κ2) is 9.45. The van der Waals surface area contributed by atoms with E-state index in [9.17, 15) is 9.18 Å². The number of carbonyl (C=O) groups is 1. The topological polar surface area (TPSA) is 73.7 Å². The van der Waals surface area contributed by atoms with Gasteiger partial charge in [-0.15, -0.1) is 0 Å². The van der Waals surface area contributed by atoms with Crippen molar-refractivity contribution in [1.82, 2.24) is 9.97 Å². The molecule has 6 nitrogen and oxygen atoms in total. The van der Waals surface area contributed by atoms with Crippen LogP contribution in [0.4, 0.5) is 4.39 Å². The molecule has 2 aromatic rings. The quantitative estimate of drug-likeness (QED) is 0.398. The summed E-state index contributed by atoms with van der Waals surface area (Å²) in [7, 11) is 0. The summed E-state index contributed by atoms with van der Waals surface area (Å²) in [6.07, 6.45) is 3.17. The molecule has 0 N–H and O–H groups in total. The third-order valence-corrected chi connectivity index (χ3v) is 4.02. The first-order chi connectivity index (χ1) is 12.5. The Morgan fingerprint density at radius 2 is 2.08 bits per heavy atom. The van der Waals surface area contributed by atoms with Gasteiger partial charge in [-0.05, 0) is 25.5 Å². The molecule has 1 aromatic carbocycles. The highest BCUT2D eigenvalue weighted by atomic mass is 35.5. The maximum atomic E-state index is 14.4. The van der Waals surface area contributed by atoms with Crippen molar-refractivity contribution in [2.45, 2.75) is 20.3 Å². The van der Waals surface area contributed by atoms with Crippen molar-refractivity contribution in [2.75, 3.05) is 13.2 Å². The number of aromatic nitrogens is 2. The first-order valence-corrected chi connectivity index (χ1v) is 8.53. The van der Waals surface area contributed by atoms with Crippen LogP contribution in [-0.4, -0.2) is 35.4 Å². The maximum Gasteiger partial charge on any atom is 0.347 e. The second-order valence-electron chi connectivity index (χ2n) is 5.00. The third kappa shape index (κ3) is 4.89. The summed E-state index contributed by atoms with van der Waals surface area (Å²) in [5, 5.41) is 4.04. The van der Waals surface area contributed by atoms with E-state index in [2.05, 4.69) is 15.1 Å². The van der Waals surface area contributed by atoms with E-state index in [0.29, 0.717) is 17.7 Å². The van der Waals surface area contributed by atoms with Crippen molar-refractivity contribution in [2.24, 2.45) is 5.16 Å². The van der Waals surface area contributed by atoms with Crippen LogP contribution in [0.2, 0.25) is 10.0 Å². The number of hydrogen-bond donors (Lipinski definition) is 0. The molecule has 0 saturated carbocycles. The van der Waals surface area contributed by atoms with E-state index < -0.39 is 11.8 Å². The van der Waals surface area contributed by atoms with Crippen LogP contribution >= 0.6 is 23.2 Å². The fraction of sp³-hybridized carbons (Fsp3) is 0.294.